The Morgan fingerprint density at radius 2 is 2.08 bits per heavy atom. The van der Waals surface area contributed by atoms with E-state index in [0.29, 0.717) is 27.8 Å². The second-order valence-electron chi connectivity index (χ2n) is 5.59. The van der Waals surface area contributed by atoms with Crippen molar-refractivity contribution in [2.45, 2.75) is 13.7 Å². The van der Waals surface area contributed by atoms with Crippen molar-refractivity contribution in [2.24, 2.45) is 0 Å². The van der Waals surface area contributed by atoms with E-state index in [4.69, 9.17) is 21.1 Å². The molecular weight excluding hydrogens is 354 g/mol. The van der Waals surface area contributed by atoms with E-state index in [-0.39, 0.29) is 12.6 Å². The zero-order chi connectivity index (χ0) is 18.5. The highest BCUT2D eigenvalue weighted by atomic mass is 35.5. The molecule has 0 aliphatic heterocycles. The average molecular weight is 372 g/mol. The standard InChI is InChI=1S/C19H18ClN3O3/c1-13-17(7-4-8-18(13)25-2)19(24)22-15-10-21-23(11-15)12-26-16-6-3-5-14(20)9-16/h3-11H,12H2,1-2H3,(H,22,24). The fourth-order valence-corrected chi connectivity index (χ4v) is 2.66. The predicted molar refractivity (Wildman–Crippen MR) is 100.0 cm³/mol. The smallest absolute Gasteiger partial charge is 0.256 e. The number of benzene rings is 2. The Bertz CT molecular complexity index is 924. The molecule has 0 fully saturated rings. The summed E-state index contributed by atoms with van der Waals surface area (Å²) in [5, 5.41) is 7.60. The monoisotopic (exact) mass is 371 g/mol. The van der Waals surface area contributed by atoms with Crippen molar-refractivity contribution in [2.75, 3.05) is 12.4 Å². The van der Waals surface area contributed by atoms with Crippen molar-refractivity contribution in [1.82, 2.24) is 9.78 Å². The number of hydrogen-bond acceptors (Lipinski definition) is 4. The Morgan fingerprint density at radius 3 is 2.85 bits per heavy atom. The minimum absolute atomic E-state index is 0.203. The van der Waals surface area contributed by atoms with Gasteiger partial charge in [0.25, 0.3) is 5.91 Å². The van der Waals surface area contributed by atoms with Crippen molar-refractivity contribution in [3.05, 3.63) is 71.0 Å². The lowest BCUT2D eigenvalue weighted by atomic mass is 10.1. The summed E-state index contributed by atoms with van der Waals surface area (Å²) in [5.41, 5.74) is 1.91. The second kappa shape index (κ2) is 7.93. The molecule has 1 heterocycles. The number of aromatic nitrogens is 2. The zero-order valence-electron chi connectivity index (χ0n) is 14.4. The number of hydrogen-bond donors (Lipinski definition) is 1. The number of methoxy groups -OCH3 is 1. The Morgan fingerprint density at radius 1 is 1.27 bits per heavy atom. The summed E-state index contributed by atoms with van der Waals surface area (Å²) in [6, 6.07) is 12.5. The zero-order valence-corrected chi connectivity index (χ0v) is 15.2. The molecule has 0 saturated carbocycles. The third-order valence-electron chi connectivity index (χ3n) is 3.80. The molecule has 1 N–H and O–H groups in total. The van der Waals surface area contributed by atoms with E-state index >= 15 is 0 Å². The SMILES string of the molecule is COc1cccc(C(=O)Nc2cnn(COc3cccc(Cl)c3)c2)c1C. The highest BCUT2D eigenvalue weighted by Gasteiger charge is 2.13. The highest BCUT2D eigenvalue weighted by Crippen LogP contribution is 2.22. The Balaban J connectivity index is 1.64. The number of nitrogens with one attached hydrogen (secondary N) is 1. The molecule has 0 aliphatic carbocycles. The highest BCUT2D eigenvalue weighted by molar-refractivity contribution is 6.30. The van der Waals surface area contributed by atoms with Crippen molar-refractivity contribution in [1.29, 1.82) is 0 Å². The van der Waals surface area contributed by atoms with Gasteiger partial charge in [-0.05, 0) is 37.3 Å². The van der Waals surface area contributed by atoms with Crippen LogP contribution in [0.4, 0.5) is 5.69 Å². The fourth-order valence-electron chi connectivity index (χ4n) is 2.48. The van der Waals surface area contributed by atoms with E-state index in [2.05, 4.69) is 10.4 Å². The molecule has 0 aliphatic rings. The molecule has 134 valence electrons. The van der Waals surface area contributed by atoms with Gasteiger partial charge in [0.1, 0.15) is 11.5 Å². The van der Waals surface area contributed by atoms with Gasteiger partial charge in [-0.1, -0.05) is 23.7 Å². The molecule has 26 heavy (non-hydrogen) atoms. The second-order valence-corrected chi connectivity index (χ2v) is 6.02. The van der Waals surface area contributed by atoms with Gasteiger partial charge in [0, 0.05) is 16.1 Å². The van der Waals surface area contributed by atoms with Gasteiger partial charge in [0.05, 0.1) is 25.2 Å². The lowest BCUT2D eigenvalue weighted by Gasteiger charge is -2.09. The first-order valence-corrected chi connectivity index (χ1v) is 8.30. The van der Waals surface area contributed by atoms with Gasteiger partial charge in [-0.3, -0.25) is 4.79 Å². The number of carbonyl (C=O) groups excluding carboxylic acids is 1. The van der Waals surface area contributed by atoms with Crippen LogP contribution >= 0.6 is 11.6 Å². The molecule has 2 aromatic carbocycles. The van der Waals surface area contributed by atoms with Crippen LogP contribution in [-0.2, 0) is 6.73 Å². The first-order valence-electron chi connectivity index (χ1n) is 7.92. The first kappa shape index (κ1) is 17.8. The maximum Gasteiger partial charge on any atom is 0.256 e. The number of amides is 1. The predicted octanol–water partition coefficient (Wildman–Crippen LogP) is 4.14. The van der Waals surface area contributed by atoms with Crippen LogP contribution in [0.25, 0.3) is 0 Å². The molecule has 6 nitrogen and oxygen atoms in total. The van der Waals surface area contributed by atoms with E-state index < -0.39 is 0 Å². The summed E-state index contributed by atoms with van der Waals surface area (Å²) in [6.45, 7) is 2.05. The Kier molecular flexibility index (Phi) is 5.43. The average Bonchev–Trinajstić information content (AvgIpc) is 3.07. The molecule has 0 bridgehead atoms. The number of halogens is 1. The number of ether oxygens (including phenoxy) is 2. The lowest BCUT2D eigenvalue weighted by Crippen LogP contribution is -2.13. The maximum absolute atomic E-state index is 12.5. The third kappa shape index (κ3) is 4.15. The topological polar surface area (TPSA) is 65.4 Å². The molecule has 0 unspecified atom stereocenters. The number of rotatable bonds is 6. The van der Waals surface area contributed by atoms with Crippen LogP contribution < -0.4 is 14.8 Å². The van der Waals surface area contributed by atoms with Crippen molar-refractivity contribution < 1.29 is 14.3 Å². The minimum Gasteiger partial charge on any atom is -0.496 e. The van der Waals surface area contributed by atoms with Crippen LogP contribution in [0.5, 0.6) is 11.5 Å². The summed E-state index contributed by atoms with van der Waals surface area (Å²) in [7, 11) is 1.58. The van der Waals surface area contributed by atoms with Gasteiger partial charge in [-0.2, -0.15) is 5.10 Å². The number of carbonyl (C=O) groups is 1. The molecule has 0 radical (unpaired) electrons. The van der Waals surface area contributed by atoms with Crippen LogP contribution in [-0.4, -0.2) is 22.8 Å². The van der Waals surface area contributed by atoms with Crippen LogP contribution in [0.15, 0.2) is 54.9 Å². The van der Waals surface area contributed by atoms with Crippen LogP contribution in [0, 0.1) is 6.92 Å². The molecule has 7 heteroatoms. The van der Waals surface area contributed by atoms with E-state index in [1.807, 2.05) is 25.1 Å². The first-order chi connectivity index (χ1) is 12.6. The van der Waals surface area contributed by atoms with Crippen LogP contribution in [0.3, 0.4) is 0 Å². The molecule has 1 aromatic heterocycles. The van der Waals surface area contributed by atoms with Gasteiger partial charge in [-0.15, -0.1) is 0 Å². The van der Waals surface area contributed by atoms with Crippen molar-refractivity contribution in [3.63, 3.8) is 0 Å². The lowest BCUT2D eigenvalue weighted by molar-refractivity contribution is 0.102. The molecule has 0 atom stereocenters. The maximum atomic E-state index is 12.5. The van der Waals surface area contributed by atoms with Gasteiger partial charge >= 0.3 is 0 Å². The van der Waals surface area contributed by atoms with Gasteiger partial charge in [0.2, 0.25) is 0 Å². The largest absolute Gasteiger partial charge is 0.496 e. The molecule has 0 saturated heterocycles. The Labute approximate surface area is 156 Å². The molecule has 3 aromatic rings. The van der Waals surface area contributed by atoms with Gasteiger partial charge in [-0.25, -0.2) is 4.68 Å². The normalized spacial score (nSPS) is 10.4. The number of anilines is 1. The third-order valence-corrected chi connectivity index (χ3v) is 4.03. The summed E-state index contributed by atoms with van der Waals surface area (Å²) < 4.78 is 12.4. The fraction of sp³-hybridized carbons (Fsp3) is 0.158. The Hall–Kier alpha value is -2.99. The molecule has 0 spiro atoms. The van der Waals surface area contributed by atoms with E-state index in [9.17, 15) is 4.79 Å². The summed E-state index contributed by atoms with van der Waals surface area (Å²) in [5.74, 6) is 1.09. The van der Waals surface area contributed by atoms with E-state index in [1.165, 1.54) is 0 Å². The summed E-state index contributed by atoms with van der Waals surface area (Å²) in [4.78, 5) is 12.5. The quantitative estimate of drug-likeness (QED) is 0.707. The van der Waals surface area contributed by atoms with E-state index in [0.717, 1.165) is 5.56 Å². The van der Waals surface area contributed by atoms with E-state index in [1.54, 1.807) is 48.5 Å². The summed E-state index contributed by atoms with van der Waals surface area (Å²) in [6.07, 6.45) is 3.26. The van der Waals surface area contributed by atoms with Crippen LogP contribution in [0.1, 0.15) is 15.9 Å². The van der Waals surface area contributed by atoms with Crippen LogP contribution in [0.2, 0.25) is 5.02 Å². The van der Waals surface area contributed by atoms with Crippen molar-refractivity contribution >= 4 is 23.2 Å². The van der Waals surface area contributed by atoms with Gasteiger partial charge < -0.3 is 14.8 Å². The molecule has 3 rings (SSSR count). The molecular formula is C19H18ClN3O3. The minimum atomic E-state index is -0.225. The number of nitrogens with zero attached hydrogens (tertiary/aromatic N) is 2. The van der Waals surface area contributed by atoms with Gasteiger partial charge in [0.15, 0.2) is 6.73 Å². The van der Waals surface area contributed by atoms with Crippen molar-refractivity contribution in [3.8, 4) is 11.5 Å². The summed E-state index contributed by atoms with van der Waals surface area (Å²) >= 11 is 5.92. The molecule has 1 amide bonds.